The number of nitrogens with one attached hydrogen (secondary N) is 2. The van der Waals surface area contributed by atoms with E-state index < -0.39 is 0 Å². The van der Waals surface area contributed by atoms with Gasteiger partial charge in [0.15, 0.2) is 0 Å². The van der Waals surface area contributed by atoms with Crippen molar-refractivity contribution in [2.45, 2.75) is 32.0 Å². The number of aromatic nitrogens is 3. The van der Waals surface area contributed by atoms with Crippen LogP contribution in [-0.2, 0) is 4.79 Å². The molecular formula is C9H17N5OS. The van der Waals surface area contributed by atoms with Crippen molar-refractivity contribution in [1.29, 1.82) is 0 Å². The first-order chi connectivity index (χ1) is 7.49. The minimum atomic E-state index is -0.0189. The maximum Gasteiger partial charge on any atom is 0.230 e. The zero-order chi connectivity index (χ0) is 12.1. The first-order valence-corrected chi connectivity index (χ1v) is 6.07. The van der Waals surface area contributed by atoms with Crippen LogP contribution in [0.5, 0.6) is 0 Å². The van der Waals surface area contributed by atoms with Crippen LogP contribution in [0, 0.1) is 5.92 Å². The fraction of sp³-hybridized carbons (Fsp3) is 0.667. The summed E-state index contributed by atoms with van der Waals surface area (Å²) in [4.78, 5) is 15.4. The maximum absolute atomic E-state index is 11.5. The van der Waals surface area contributed by atoms with E-state index in [4.69, 9.17) is 5.73 Å². The second-order valence-corrected chi connectivity index (χ2v) is 4.83. The summed E-state index contributed by atoms with van der Waals surface area (Å²) in [6.07, 6.45) is 0. The smallest absolute Gasteiger partial charge is 0.230 e. The molecule has 1 amide bonds. The highest BCUT2D eigenvalue weighted by atomic mass is 32.2. The Balaban J connectivity index is 2.30. The predicted molar refractivity (Wildman–Crippen MR) is 64.0 cm³/mol. The summed E-state index contributed by atoms with van der Waals surface area (Å²) >= 11 is 1.26. The molecule has 6 nitrogen and oxygen atoms in total. The van der Waals surface area contributed by atoms with Crippen LogP contribution in [0.3, 0.4) is 0 Å². The normalized spacial score (nSPS) is 12.8. The third-order valence-electron chi connectivity index (χ3n) is 2.20. The van der Waals surface area contributed by atoms with Gasteiger partial charge in [-0.2, -0.15) is 4.98 Å². The van der Waals surface area contributed by atoms with Crippen molar-refractivity contribution < 1.29 is 4.79 Å². The van der Waals surface area contributed by atoms with Crippen LogP contribution in [0.15, 0.2) is 5.16 Å². The van der Waals surface area contributed by atoms with Crippen LogP contribution in [0.1, 0.15) is 20.8 Å². The van der Waals surface area contributed by atoms with Gasteiger partial charge in [-0.05, 0) is 12.8 Å². The molecule has 0 fully saturated rings. The highest BCUT2D eigenvalue weighted by Gasteiger charge is 2.11. The number of aromatic amines is 1. The summed E-state index contributed by atoms with van der Waals surface area (Å²) in [5, 5.41) is 9.73. The third-order valence-corrected chi connectivity index (χ3v) is 3.05. The van der Waals surface area contributed by atoms with Gasteiger partial charge in [0.1, 0.15) is 0 Å². The van der Waals surface area contributed by atoms with Gasteiger partial charge in [-0.15, -0.1) is 5.10 Å². The molecule has 1 atom stereocenters. The van der Waals surface area contributed by atoms with Crippen molar-refractivity contribution in [2.75, 3.05) is 11.5 Å². The van der Waals surface area contributed by atoms with E-state index in [1.54, 1.807) is 0 Å². The number of nitrogens with two attached hydrogens (primary N) is 1. The SMILES string of the molecule is CC(C)[C@@H](C)NC(=O)CSc1n[nH]c(N)n1. The molecule has 0 aliphatic carbocycles. The molecule has 0 spiro atoms. The Hall–Kier alpha value is -1.24. The summed E-state index contributed by atoms with van der Waals surface area (Å²) in [6.45, 7) is 6.11. The Bertz CT molecular complexity index is 351. The predicted octanol–water partition coefficient (Wildman–Crippen LogP) is 0.640. The lowest BCUT2D eigenvalue weighted by Gasteiger charge is -2.16. The molecule has 7 heteroatoms. The first-order valence-electron chi connectivity index (χ1n) is 5.09. The quantitative estimate of drug-likeness (QED) is 0.659. The van der Waals surface area contributed by atoms with E-state index in [-0.39, 0.29) is 17.9 Å². The molecule has 0 radical (unpaired) electrons. The number of amides is 1. The number of anilines is 1. The first kappa shape index (κ1) is 12.8. The van der Waals surface area contributed by atoms with Crippen molar-refractivity contribution in [3.63, 3.8) is 0 Å². The van der Waals surface area contributed by atoms with Gasteiger partial charge < -0.3 is 11.1 Å². The van der Waals surface area contributed by atoms with Crippen LogP contribution in [0.4, 0.5) is 5.95 Å². The van der Waals surface area contributed by atoms with E-state index in [0.29, 0.717) is 16.8 Å². The topological polar surface area (TPSA) is 96.7 Å². The highest BCUT2D eigenvalue weighted by Crippen LogP contribution is 2.12. The standard InChI is InChI=1S/C9H17N5OS/c1-5(2)6(3)11-7(15)4-16-9-12-8(10)13-14-9/h5-6H,4H2,1-3H3,(H,11,15)(H3,10,12,13,14)/t6-/m1/s1. The molecule has 0 unspecified atom stereocenters. The zero-order valence-electron chi connectivity index (χ0n) is 9.65. The summed E-state index contributed by atoms with van der Waals surface area (Å²) in [5.74, 6) is 0.968. The van der Waals surface area contributed by atoms with Gasteiger partial charge in [0.25, 0.3) is 0 Å². The molecule has 16 heavy (non-hydrogen) atoms. The van der Waals surface area contributed by atoms with Gasteiger partial charge >= 0.3 is 0 Å². The summed E-state index contributed by atoms with van der Waals surface area (Å²) in [7, 11) is 0. The number of H-pyrrole nitrogens is 1. The molecule has 0 saturated carbocycles. The lowest BCUT2D eigenvalue weighted by Crippen LogP contribution is -2.37. The van der Waals surface area contributed by atoms with Gasteiger partial charge in [-0.1, -0.05) is 25.6 Å². The number of carbonyl (C=O) groups excluding carboxylic acids is 1. The van der Waals surface area contributed by atoms with Gasteiger partial charge in [0.05, 0.1) is 5.75 Å². The molecule has 0 saturated heterocycles. The molecule has 0 bridgehead atoms. The Morgan fingerprint density at radius 1 is 1.56 bits per heavy atom. The Kier molecular flexibility index (Phi) is 4.60. The fourth-order valence-corrected chi connectivity index (χ4v) is 1.53. The van der Waals surface area contributed by atoms with Crippen molar-refractivity contribution in [3.05, 3.63) is 0 Å². The van der Waals surface area contributed by atoms with E-state index in [1.807, 2.05) is 6.92 Å². The number of hydrogen-bond acceptors (Lipinski definition) is 5. The van der Waals surface area contributed by atoms with Crippen LogP contribution < -0.4 is 11.1 Å². The maximum atomic E-state index is 11.5. The van der Waals surface area contributed by atoms with E-state index in [0.717, 1.165) is 0 Å². The largest absolute Gasteiger partial charge is 0.368 e. The Morgan fingerprint density at radius 2 is 2.25 bits per heavy atom. The average molecular weight is 243 g/mol. The average Bonchev–Trinajstić information content (AvgIpc) is 2.61. The number of nitrogen functional groups attached to an aromatic ring is 1. The summed E-state index contributed by atoms with van der Waals surface area (Å²) in [5.41, 5.74) is 5.36. The number of rotatable bonds is 5. The Morgan fingerprint density at radius 3 is 2.75 bits per heavy atom. The summed E-state index contributed by atoms with van der Waals surface area (Å²) in [6, 6.07) is 0.172. The van der Waals surface area contributed by atoms with Gasteiger partial charge in [-0.3, -0.25) is 4.79 Å². The molecule has 1 heterocycles. The number of hydrogen-bond donors (Lipinski definition) is 3. The van der Waals surface area contributed by atoms with E-state index in [2.05, 4.69) is 34.3 Å². The monoisotopic (exact) mass is 243 g/mol. The van der Waals surface area contributed by atoms with Crippen molar-refractivity contribution in [2.24, 2.45) is 5.92 Å². The molecule has 0 aliphatic rings. The van der Waals surface area contributed by atoms with Gasteiger partial charge in [0.2, 0.25) is 17.0 Å². The number of thioether (sulfide) groups is 1. The lowest BCUT2D eigenvalue weighted by molar-refractivity contribution is -0.119. The molecule has 0 aliphatic heterocycles. The second kappa shape index (κ2) is 5.74. The number of nitrogens with zero attached hydrogens (tertiary/aromatic N) is 2. The second-order valence-electron chi connectivity index (χ2n) is 3.89. The molecule has 0 aromatic carbocycles. The van der Waals surface area contributed by atoms with Gasteiger partial charge in [-0.25, -0.2) is 5.10 Å². The van der Waals surface area contributed by atoms with Crippen molar-refractivity contribution in [3.8, 4) is 0 Å². The van der Waals surface area contributed by atoms with Crippen molar-refractivity contribution in [1.82, 2.24) is 20.5 Å². The van der Waals surface area contributed by atoms with E-state index in [9.17, 15) is 4.79 Å². The molecule has 1 rings (SSSR count). The van der Waals surface area contributed by atoms with Crippen molar-refractivity contribution >= 4 is 23.6 Å². The highest BCUT2D eigenvalue weighted by molar-refractivity contribution is 7.99. The van der Waals surface area contributed by atoms with Crippen LogP contribution in [0.25, 0.3) is 0 Å². The molecule has 4 N–H and O–H groups in total. The Labute approximate surface area is 98.8 Å². The third kappa shape index (κ3) is 4.09. The van der Waals surface area contributed by atoms with Crippen LogP contribution >= 0.6 is 11.8 Å². The molecule has 1 aromatic heterocycles. The van der Waals surface area contributed by atoms with Crippen LogP contribution in [0.2, 0.25) is 0 Å². The summed E-state index contributed by atoms with van der Waals surface area (Å²) < 4.78 is 0. The minimum Gasteiger partial charge on any atom is -0.368 e. The molecular weight excluding hydrogens is 226 g/mol. The zero-order valence-corrected chi connectivity index (χ0v) is 10.5. The van der Waals surface area contributed by atoms with Crippen LogP contribution in [-0.4, -0.2) is 32.9 Å². The van der Waals surface area contributed by atoms with E-state index >= 15 is 0 Å². The van der Waals surface area contributed by atoms with Gasteiger partial charge in [0, 0.05) is 6.04 Å². The fourth-order valence-electron chi connectivity index (χ4n) is 0.915. The number of carbonyl (C=O) groups is 1. The molecule has 1 aromatic rings. The van der Waals surface area contributed by atoms with E-state index in [1.165, 1.54) is 11.8 Å². The minimum absolute atomic E-state index is 0.0189. The lowest BCUT2D eigenvalue weighted by atomic mass is 10.1. The molecule has 90 valence electrons.